The first-order valence-corrected chi connectivity index (χ1v) is 8.47. The van der Waals surface area contributed by atoms with Gasteiger partial charge in [0.2, 0.25) is 5.78 Å². The fraction of sp³-hybridized carbons (Fsp3) is 0.400. The maximum Gasteiger partial charge on any atom is 0.309 e. The number of carbonyl (C=O) groups excluding carboxylic acids is 2. The van der Waals surface area contributed by atoms with E-state index >= 15 is 0 Å². The summed E-state index contributed by atoms with van der Waals surface area (Å²) in [6, 6.07) is 9.44. The molecule has 0 N–H and O–H groups in total. The van der Waals surface area contributed by atoms with Crippen molar-refractivity contribution in [1.29, 1.82) is 0 Å². The Kier molecular flexibility index (Phi) is 6.39. The Labute approximate surface area is 148 Å². The molecule has 2 aromatic rings. The molecular weight excluding hydrogens is 318 g/mol. The summed E-state index contributed by atoms with van der Waals surface area (Å²) < 4.78 is 12.6. The summed E-state index contributed by atoms with van der Waals surface area (Å²) in [6.07, 6.45) is 0.106. The van der Waals surface area contributed by atoms with Crippen molar-refractivity contribution in [3.8, 4) is 5.75 Å². The van der Waals surface area contributed by atoms with Crippen molar-refractivity contribution in [1.82, 2.24) is 4.57 Å². The van der Waals surface area contributed by atoms with Crippen LogP contribution in [0.4, 0.5) is 0 Å². The highest BCUT2D eigenvalue weighted by molar-refractivity contribution is 5.99. The number of rotatable bonds is 8. The summed E-state index contributed by atoms with van der Waals surface area (Å²) in [7, 11) is 0. The van der Waals surface area contributed by atoms with Gasteiger partial charge in [-0.15, -0.1) is 0 Å². The molecule has 25 heavy (non-hydrogen) atoms. The third-order valence-electron chi connectivity index (χ3n) is 4.15. The molecule has 0 radical (unpaired) electrons. The smallest absolute Gasteiger partial charge is 0.309 e. The molecule has 0 aliphatic carbocycles. The predicted octanol–water partition coefficient (Wildman–Crippen LogP) is 3.63. The number of esters is 1. The summed E-state index contributed by atoms with van der Waals surface area (Å²) in [4.78, 5) is 24.0. The lowest BCUT2D eigenvalue weighted by Gasteiger charge is -2.08. The van der Waals surface area contributed by atoms with Crippen LogP contribution >= 0.6 is 0 Å². The Morgan fingerprint density at radius 3 is 2.36 bits per heavy atom. The van der Waals surface area contributed by atoms with Crippen LogP contribution < -0.4 is 4.74 Å². The zero-order valence-electron chi connectivity index (χ0n) is 15.3. The van der Waals surface area contributed by atoms with Crippen LogP contribution in [-0.4, -0.2) is 29.5 Å². The van der Waals surface area contributed by atoms with E-state index in [1.807, 2.05) is 58.0 Å². The number of benzene rings is 1. The fourth-order valence-electron chi connectivity index (χ4n) is 2.75. The number of Topliss-reactive ketones (excluding diaryl/α,β-unsaturated/α-hetero) is 1. The lowest BCUT2D eigenvalue weighted by atomic mass is 10.1. The largest absolute Gasteiger partial charge is 0.493 e. The minimum Gasteiger partial charge on any atom is -0.493 e. The van der Waals surface area contributed by atoms with Gasteiger partial charge in [-0.25, -0.2) is 0 Å². The number of ether oxygens (including phenoxy) is 2. The monoisotopic (exact) mass is 343 g/mol. The molecule has 0 fully saturated rings. The molecule has 0 atom stereocenters. The van der Waals surface area contributed by atoms with Crippen molar-refractivity contribution in [3.63, 3.8) is 0 Å². The van der Waals surface area contributed by atoms with E-state index in [1.54, 1.807) is 0 Å². The molecule has 1 aromatic carbocycles. The van der Waals surface area contributed by atoms with E-state index in [9.17, 15) is 9.59 Å². The average molecular weight is 343 g/mol. The third kappa shape index (κ3) is 4.95. The molecule has 0 saturated carbocycles. The average Bonchev–Trinajstić information content (AvgIpc) is 2.88. The number of hydrogen-bond donors (Lipinski definition) is 0. The first kappa shape index (κ1) is 18.8. The van der Waals surface area contributed by atoms with Gasteiger partial charge in [0, 0.05) is 23.5 Å². The van der Waals surface area contributed by atoms with Crippen LogP contribution in [0.15, 0.2) is 30.3 Å². The molecular formula is C20H25NO4. The standard InChI is InChI=1S/C20H25NO4/c1-5-21-15(3)12-18(16(21)4)19(22)13-25-20(23)10-11-24-17-8-6-14(2)7-9-17/h6-9,12H,5,10-11,13H2,1-4H3. The Balaban J connectivity index is 1.77. The second-order valence-electron chi connectivity index (χ2n) is 6.02. The van der Waals surface area contributed by atoms with Crippen molar-refractivity contribution >= 4 is 11.8 Å². The Morgan fingerprint density at radius 1 is 1.08 bits per heavy atom. The van der Waals surface area contributed by atoms with Crippen LogP contribution in [0.1, 0.15) is 40.7 Å². The number of hydrogen-bond acceptors (Lipinski definition) is 4. The van der Waals surface area contributed by atoms with E-state index in [0.717, 1.165) is 23.5 Å². The lowest BCUT2D eigenvalue weighted by Crippen LogP contribution is -2.16. The van der Waals surface area contributed by atoms with Gasteiger partial charge in [0.05, 0.1) is 13.0 Å². The van der Waals surface area contributed by atoms with E-state index in [4.69, 9.17) is 9.47 Å². The van der Waals surface area contributed by atoms with Gasteiger partial charge >= 0.3 is 5.97 Å². The molecule has 0 aliphatic heterocycles. The van der Waals surface area contributed by atoms with Crippen molar-refractivity contribution in [3.05, 3.63) is 52.8 Å². The minimum absolute atomic E-state index is 0.106. The molecule has 0 amide bonds. The summed E-state index contributed by atoms with van der Waals surface area (Å²) in [5.74, 6) is 0.0897. The van der Waals surface area contributed by atoms with Crippen LogP contribution in [0.5, 0.6) is 5.75 Å². The topological polar surface area (TPSA) is 57.5 Å². The summed E-state index contributed by atoms with van der Waals surface area (Å²) in [6.45, 7) is 8.68. The van der Waals surface area contributed by atoms with E-state index < -0.39 is 5.97 Å². The molecule has 0 aliphatic rings. The van der Waals surface area contributed by atoms with Crippen molar-refractivity contribution in [2.24, 2.45) is 0 Å². The number of carbonyl (C=O) groups is 2. The highest BCUT2D eigenvalue weighted by Gasteiger charge is 2.16. The lowest BCUT2D eigenvalue weighted by molar-refractivity contribution is -0.143. The van der Waals surface area contributed by atoms with Gasteiger partial charge < -0.3 is 14.0 Å². The minimum atomic E-state index is -0.440. The normalized spacial score (nSPS) is 10.6. The molecule has 1 heterocycles. The highest BCUT2D eigenvalue weighted by Crippen LogP contribution is 2.16. The van der Waals surface area contributed by atoms with Crippen LogP contribution in [0.3, 0.4) is 0 Å². The molecule has 0 spiro atoms. The number of nitrogens with zero attached hydrogens (tertiary/aromatic N) is 1. The van der Waals surface area contributed by atoms with E-state index in [1.165, 1.54) is 0 Å². The van der Waals surface area contributed by atoms with Gasteiger partial charge in [0.25, 0.3) is 0 Å². The van der Waals surface area contributed by atoms with Gasteiger partial charge in [-0.05, 0) is 45.9 Å². The van der Waals surface area contributed by atoms with Crippen molar-refractivity contribution < 1.29 is 19.1 Å². The third-order valence-corrected chi connectivity index (χ3v) is 4.15. The van der Waals surface area contributed by atoms with Crippen molar-refractivity contribution in [2.45, 2.75) is 40.7 Å². The van der Waals surface area contributed by atoms with Gasteiger partial charge in [-0.1, -0.05) is 17.7 Å². The second-order valence-corrected chi connectivity index (χ2v) is 6.02. The molecule has 0 saturated heterocycles. The Hall–Kier alpha value is -2.56. The molecule has 2 rings (SSSR count). The summed E-state index contributed by atoms with van der Waals surface area (Å²) in [5.41, 5.74) is 3.70. The molecule has 134 valence electrons. The highest BCUT2D eigenvalue weighted by atomic mass is 16.5. The summed E-state index contributed by atoms with van der Waals surface area (Å²) >= 11 is 0. The van der Waals surface area contributed by atoms with Gasteiger partial charge in [-0.3, -0.25) is 9.59 Å². The Bertz CT molecular complexity index is 744. The number of ketones is 1. The molecule has 1 aromatic heterocycles. The maximum absolute atomic E-state index is 12.3. The molecule has 0 bridgehead atoms. The molecule has 0 unspecified atom stereocenters. The molecule has 5 nitrogen and oxygen atoms in total. The first-order chi connectivity index (χ1) is 11.9. The van der Waals surface area contributed by atoms with E-state index in [0.29, 0.717) is 11.3 Å². The zero-order valence-corrected chi connectivity index (χ0v) is 15.3. The van der Waals surface area contributed by atoms with Crippen LogP contribution in [0, 0.1) is 20.8 Å². The number of aromatic nitrogens is 1. The second kappa shape index (κ2) is 8.51. The quantitative estimate of drug-likeness (QED) is 0.542. The summed E-state index contributed by atoms with van der Waals surface area (Å²) in [5, 5.41) is 0. The SMILES string of the molecule is CCn1c(C)cc(C(=O)COC(=O)CCOc2ccc(C)cc2)c1C. The van der Waals surface area contributed by atoms with Crippen LogP contribution in [-0.2, 0) is 16.1 Å². The van der Waals surface area contributed by atoms with Crippen molar-refractivity contribution in [2.75, 3.05) is 13.2 Å². The zero-order chi connectivity index (χ0) is 18.4. The molecule has 5 heteroatoms. The van der Waals surface area contributed by atoms with E-state index in [-0.39, 0.29) is 25.4 Å². The van der Waals surface area contributed by atoms with Gasteiger partial charge in [-0.2, -0.15) is 0 Å². The van der Waals surface area contributed by atoms with Gasteiger partial charge in [0.15, 0.2) is 6.61 Å². The first-order valence-electron chi connectivity index (χ1n) is 8.47. The number of aryl methyl sites for hydroxylation is 2. The maximum atomic E-state index is 12.3. The van der Waals surface area contributed by atoms with Crippen LogP contribution in [0.25, 0.3) is 0 Å². The Morgan fingerprint density at radius 2 is 1.76 bits per heavy atom. The van der Waals surface area contributed by atoms with Gasteiger partial charge in [0.1, 0.15) is 5.75 Å². The predicted molar refractivity (Wildman–Crippen MR) is 96.2 cm³/mol. The van der Waals surface area contributed by atoms with E-state index in [2.05, 4.69) is 4.57 Å². The van der Waals surface area contributed by atoms with Crippen LogP contribution in [0.2, 0.25) is 0 Å². The fourth-order valence-corrected chi connectivity index (χ4v) is 2.75.